The molecule has 0 aliphatic rings. The van der Waals surface area contributed by atoms with Crippen molar-refractivity contribution in [2.24, 2.45) is 0 Å². The molecule has 2 aromatic carbocycles. The zero-order chi connectivity index (χ0) is 26.1. The number of fused-ring (bicyclic) bond motifs is 1. The molecule has 0 radical (unpaired) electrons. The number of amides is 1. The molecule has 37 heavy (non-hydrogen) atoms. The number of benzene rings is 2. The Morgan fingerprint density at radius 3 is 2.68 bits per heavy atom. The molecule has 0 unspecified atom stereocenters. The van der Waals surface area contributed by atoms with E-state index in [0.29, 0.717) is 44.2 Å². The number of halogens is 1. The summed E-state index contributed by atoms with van der Waals surface area (Å²) in [6.45, 7) is 3.98. The Bertz CT molecular complexity index is 1630. The molecule has 0 bridgehead atoms. The van der Waals surface area contributed by atoms with Crippen LogP contribution in [0.4, 0.5) is 0 Å². The summed E-state index contributed by atoms with van der Waals surface area (Å²) in [5.41, 5.74) is 2.21. The summed E-state index contributed by atoms with van der Waals surface area (Å²) in [6, 6.07) is 16.2. The number of nitrogens with zero attached hydrogens (tertiary/aromatic N) is 3. The van der Waals surface area contributed by atoms with Crippen LogP contribution >= 0.6 is 22.9 Å². The van der Waals surface area contributed by atoms with E-state index in [1.54, 1.807) is 37.4 Å². The van der Waals surface area contributed by atoms with Gasteiger partial charge in [0.25, 0.3) is 5.91 Å². The van der Waals surface area contributed by atoms with Gasteiger partial charge >= 0.3 is 0 Å². The standard InChI is InChI=1S/C27H24ClN5O3S/c1-4-18-13-20(25(34)19-7-5-6-8-21(19)28)27(37-18)33-15(2)31-32-24(33)14-29-26(35)23-12-16-11-17(36-3)9-10-22(16)30-23/h5-13,30H,4,14H2,1-3H3,(H,29,35). The molecule has 3 aromatic heterocycles. The number of rotatable bonds is 8. The maximum atomic E-state index is 13.5. The molecular formula is C27H24ClN5O3S. The average molecular weight is 534 g/mol. The van der Waals surface area contributed by atoms with E-state index < -0.39 is 0 Å². The number of aryl methyl sites for hydroxylation is 2. The van der Waals surface area contributed by atoms with Gasteiger partial charge in [-0.2, -0.15) is 0 Å². The van der Waals surface area contributed by atoms with E-state index in [2.05, 4.69) is 20.5 Å². The Morgan fingerprint density at radius 1 is 1.11 bits per heavy atom. The molecule has 3 heterocycles. The van der Waals surface area contributed by atoms with Crippen LogP contribution in [-0.4, -0.2) is 38.5 Å². The Balaban J connectivity index is 1.44. The molecule has 1 amide bonds. The van der Waals surface area contributed by atoms with Crippen molar-refractivity contribution < 1.29 is 14.3 Å². The second kappa shape index (κ2) is 10.2. The van der Waals surface area contributed by atoms with E-state index >= 15 is 0 Å². The number of aromatic nitrogens is 4. The minimum absolute atomic E-state index is 0.122. The second-order valence-electron chi connectivity index (χ2n) is 8.41. The number of nitrogens with one attached hydrogen (secondary N) is 2. The van der Waals surface area contributed by atoms with Gasteiger partial charge < -0.3 is 15.0 Å². The van der Waals surface area contributed by atoms with E-state index in [0.717, 1.165) is 22.2 Å². The molecular weight excluding hydrogens is 510 g/mol. The zero-order valence-electron chi connectivity index (χ0n) is 20.5. The van der Waals surface area contributed by atoms with E-state index in [9.17, 15) is 9.59 Å². The molecule has 0 spiro atoms. The number of H-pyrrole nitrogens is 1. The number of ketones is 1. The van der Waals surface area contributed by atoms with Crippen molar-refractivity contribution in [2.45, 2.75) is 26.8 Å². The van der Waals surface area contributed by atoms with Gasteiger partial charge in [0.1, 0.15) is 22.3 Å². The maximum Gasteiger partial charge on any atom is 0.268 e. The van der Waals surface area contributed by atoms with Crippen LogP contribution in [0.3, 0.4) is 0 Å². The summed E-state index contributed by atoms with van der Waals surface area (Å²) in [5.74, 6) is 1.39. The minimum atomic E-state index is -0.282. The van der Waals surface area contributed by atoms with Gasteiger partial charge in [0, 0.05) is 21.3 Å². The molecule has 0 fully saturated rings. The molecule has 0 atom stereocenters. The Hall–Kier alpha value is -3.95. The first-order valence-corrected chi connectivity index (χ1v) is 12.9. The molecule has 5 aromatic rings. The fraction of sp³-hybridized carbons (Fsp3) is 0.185. The first kappa shape index (κ1) is 24.7. The number of hydrogen-bond donors (Lipinski definition) is 2. The Morgan fingerprint density at radius 2 is 1.92 bits per heavy atom. The minimum Gasteiger partial charge on any atom is -0.497 e. The highest BCUT2D eigenvalue weighted by Gasteiger charge is 2.24. The van der Waals surface area contributed by atoms with Gasteiger partial charge in [-0.1, -0.05) is 30.7 Å². The highest BCUT2D eigenvalue weighted by Crippen LogP contribution is 2.32. The molecule has 10 heteroatoms. The third-order valence-electron chi connectivity index (χ3n) is 6.05. The number of hydrogen-bond acceptors (Lipinski definition) is 6. The van der Waals surface area contributed by atoms with Crippen molar-refractivity contribution in [2.75, 3.05) is 7.11 Å². The van der Waals surface area contributed by atoms with E-state index in [4.69, 9.17) is 16.3 Å². The van der Waals surface area contributed by atoms with Gasteiger partial charge in [-0.05, 0) is 55.8 Å². The average Bonchev–Trinajstić information content (AvgIpc) is 3.62. The predicted octanol–water partition coefficient (Wildman–Crippen LogP) is 5.50. The fourth-order valence-corrected chi connectivity index (χ4v) is 5.51. The van der Waals surface area contributed by atoms with Crippen LogP contribution < -0.4 is 10.1 Å². The normalized spacial score (nSPS) is 11.1. The molecule has 0 aliphatic carbocycles. The van der Waals surface area contributed by atoms with Gasteiger partial charge in [-0.15, -0.1) is 21.5 Å². The quantitative estimate of drug-likeness (QED) is 0.256. The lowest BCUT2D eigenvalue weighted by molar-refractivity contribution is 0.0944. The fourth-order valence-electron chi connectivity index (χ4n) is 4.12. The first-order chi connectivity index (χ1) is 17.9. The van der Waals surface area contributed by atoms with Gasteiger partial charge in [0.05, 0.1) is 24.2 Å². The molecule has 0 saturated carbocycles. The second-order valence-corrected chi connectivity index (χ2v) is 9.93. The molecule has 8 nitrogen and oxygen atoms in total. The van der Waals surface area contributed by atoms with Crippen LogP contribution in [0.5, 0.6) is 5.75 Å². The van der Waals surface area contributed by atoms with Crippen LogP contribution in [0.1, 0.15) is 49.9 Å². The molecule has 0 aliphatic heterocycles. The zero-order valence-corrected chi connectivity index (χ0v) is 22.0. The topological polar surface area (TPSA) is 102 Å². The van der Waals surface area contributed by atoms with Crippen LogP contribution in [0.2, 0.25) is 5.02 Å². The van der Waals surface area contributed by atoms with Crippen molar-refractivity contribution in [1.82, 2.24) is 25.1 Å². The molecule has 188 valence electrons. The van der Waals surface area contributed by atoms with Crippen LogP contribution in [0, 0.1) is 6.92 Å². The molecule has 5 rings (SSSR count). The number of carbonyl (C=O) groups is 2. The maximum absolute atomic E-state index is 13.5. The van der Waals surface area contributed by atoms with Gasteiger partial charge in [-0.3, -0.25) is 14.2 Å². The number of carbonyl (C=O) groups excluding carboxylic acids is 2. The van der Waals surface area contributed by atoms with Crippen molar-refractivity contribution in [3.05, 3.63) is 93.0 Å². The van der Waals surface area contributed by atoms with Crippen LogP contribution in [-0.2, 0) is 13.0 Å². The Labute approximate surface area is 222 Å². The third-order valence-corrected chi connectivity index (χ3v) is 7.64. The number of thiophene rings is 1. The smallest absolute Gasteiger partial charge is 0.268 e. The largest absolute Gasteiger partial charge is 0.497 e. The number of methoxy groups -OCH3 is 1. The molecule has 0 saturated heterocycles. The van der Waals surface area contributed by atoms with Crippen LogP contribution in [0.25, 0.3) is 15.9 Å². The van der Waals surface area contributed by atoms with E-state index in [1.165, 1.54) is 11.3 Å². The van der Waals surface area contributed by atoms with E-state index in [1.807, 2.05) is 42.7 Å². The first-order valence-electron chi connectivity index (χ1n) is 11.7. The van der Waals surface area contributed by atoms with Crippen molar-refractivity contribution in [1.29, 1.82) is 0 Å². The van der Waals surface area contributed by atoms with Crippen molar-refractivity contribution >= 4 is 45.5 Å². The highest BCUT2D eigenvalue weighted by atomic mass is 35.5. The van der Waals surface area contributed by atoms with Crippen LogP contribution in [0.15, 0.2) is 54.6 Å². The Kier molecular flexibility index (Phi) is 6.82. The summed E-state index contributed by atoms with van der Waals surface area (Å²) in [4.78, 5) is 30.6. The van der Waals surface area contributed by atoms with Gasteiger partial charge in [0.2, 0.25) is 0 Å². The summed E-state index contributed by atoms with van der Waals surface area (Å²) in [5, 5.41) is 13.4. The number of ether oxygens (including phenoxy) is 1. The lowest BCUT2D eigenvalue weighted by Crippen LogP contribution is -2.25. The summed E-state index contributed by atoms with van der Waals surface area (Å²) in [6.07, 6.45) is 0.770. The third kappa shape index (κ3) is 4.75. The summed E-state index contributed by atoms with van der Waals surface area (Å²) in [7, 11) is 1.60. The van der Waals surface area contributed by atoms with E-state index in [-0.39, 0.29) is 18.2 Å². The lowest BCUT2D eigenvalue weighted by Gasteiger charge is -2.10. The predicted molar refractivity (Wildman–Crippen MR) is 144 cm³/mol. The molecule has 2 N–H and O–H groups in total. The SMILES string of the molecule is CCc1cc(C(=O)c2ccccc2Cl)c(-n2c(C)nnc2CNC(=O)c2cc3cc(OC)ccc3[nH]2)s1. The lowest BCUT2D eigenvalue weighted by atomic mass is 10.0. The van der Waals surface area contributed by atoms with Crippen molar-refractivity contribution in [3.63, 3.8) is 0 Å². The highest BCUT2D eigenvalue weighted by molar-refractivity contribution is 7.15. The summed E-state index contributed by atoms with van der Waals surface area (Å²) >= 11 is 7.83. The monoisotopic (exact) mass is 533 g/mol. The van der Waals surface area contributed by atoms with Gasteiger partial charge in [0.15, 0.2) is 11.6 Å². The summed E-state index contributed by atoms with van der Waals surface area (Å²) < 4.78 is 7.09. The van der Waals surface area contributed by atoms with Gasteiger partial charge in [-0.25, -0.2) is 0 Å². The number of aromatic amines is 1. The van der Waals surface area contributed by atoms with Crippen molar-refractivity contribution in [3.8, 4) is 10.8 Å².